The first-order valence-electron chi connectivity index (χ1n) is 16.1. The predicted octanol–water partition coefficient (Wildman–Crippen LogP) is 5.32. The molecule has 1 aliphatic heterocycles. The summed E-state index contributed by atoms with van der Waals surface area (Å²) >= 11 is 0. The molecule has 8 heteroatoms. The third kappa shape index (κ3) is 9.78. The van der Waals surface area contributed by atoms with Crippen LogP contribution in [0.15, 0.2) is 24.3 Å². The van der Waals surface area contributed by atoms with E-state index in [0.29, 0.717) is 50.6 Å². The van der Waals surface area contributed by atoms with Gasteiger partial charge in [-0.25, -0.2) is 4.39 Å². The summed E-state index contributed by atoms with van der Waals surface area (Å²) in [4.78, 5) is 44.8. The Labute approximate surface area is 253 Å². The number of amides is 3. The molecule has 1 aliphatic carbocycles. The Bertz CT molecular complexity index is 1020. The second-order valence-electron chi connectivity index (χ2n) is 14.0. The lowest BCUT2D eigenvalue weighted by Crippen LogP contribution is -2.59. The minimum absolute atomic E-state index is 0.119. The van der Waals surface area contributed by atoms with Crippen LogP contribution in [0.3, 0.4) is 0 Å². The maximum atomic E-state index is 14.0. The summed E-state index contributed by atoms with van der Waals surface area (Å²) in [7, 11) is 4.07. The fraction of sp³-hybridized carbons (Fsp3) is 0.735. The van der Waals surface area contributed by atoms with Crippen LogP contribution in [0, 0.1) is 23.1 Å². The highest BCUT2D eigenvalue weighted by molar-refractivity contribution is 5.89. The van der Waals surface area contributed by atoms with E-state index in [4.69, 9.17) is 0 Å². The van der Waals surface area contributed by atoms with Crippen molar-refractivity contribution in [3.8, 4) is 0 Å². The zero-order chi connectivity index (χ0) is 30.9. The molecule has 3 amide bonds. The molecule has 2 fully saturated rings. The van der Waals surface area contributed by atoms with Crippen molar-refractivity contribution in [3.05, 3.63) is 35.6 Å². The maximum Gasteiger partial charge on any atom is 0.245 e. The lowest BCUT2D eigenvalue weighted by molar-refractivity contribution is -0.147. The predicted molar refractivity (Wildman–Crippen MR) is 166 cm³/mol. The molecule has 1 aromatic rings. The molecule has 3 rings (SSSR count). The van der Waals surface area contributed by atoms with Gasteiger partial charge in [-0.1, -0.05) is 44.7 Å². The van der Waals surface area contributed by atoms with Crippen molar-refractivity contribution >= 4 is 17.7 Å². The molecule has 42 heavy (non-hydrogen) atoms. The van der Waals surface area contributed by atoms with Crippen LogP contribution in [-0.2, 0) is 20.8 Å². The van der Waals surface area contributed by atoms with Crippen LogP contribution in [0.4, 0.5) is 4.39 Å². The van der Waals surface area contributed by atoms with Crippen LogP contribution in [0.1, 0.15) is 97.5 Å². The first-order valence-corrected chi connectivity index (χ1v) is 16.1. The van der Waals surface area contributed by atoms with E-state index < -0.39 is 11.5 Å². The second-order valence-corrected chi connectivity index (χ2v) is 14.0. The summed E-state index contributed by atoms with van der Waals surface area (Å²) in [5.41, 5.74) is 0.00802. The van der Waals surface area contributed by atoms with Gasteiger partial charge in [-0.15, -0.1) is 0 Å². The minimum atomic E-state index is -0.734. The van der Waals surface area contributed by atoms with Crippen molar-refractivity contribution in [1.29, 1.82) is 0 Å². The van der Waals surface area contributed by atoms with E-state index in [1.54, 1.807) is 12.1 Å². The van der Waals surface area contributed by atoms with Crippen LogP contribution in [0.2, 0.25) is 0 Å². The topological polar surface area (TPSA) is 81.8 Å². The van der Waals surface area contributed by atoms with E-state index in [9.17, 15) is 18.8 Å². The van der Waals surface area contributed by atoms with Crippen molar-refractivity contribution < 1.29 is 18.8 Å². The number of nitrogens with zero attached hydrogens (tertiary/aromatic N) is 2. The number of benzene rings is 1. The van der Waals surface area contributed by atoms with Crippen molar-refractivity contribution in [2.24, 2.45) is 17.3 Å². The first kappa shape index (κ1) is 34.0. The number of rotatable bonds is 12. The molecular weight excluding hydrogens is 531 g/mol. The molecule has 2 N–H and O–H groups in total. The average Bonchev–Trinajstić information content (AvgIpc) is 2.95. The molecule has 0 spiro atoms. The lowest BCUT2D eigenvalue weighted by atomic mass is 9.63. The molecule has 236 valence electrons. The molecule has 1 aromatic carbocycles. The summed E-state index contributed by atoms with van der Waals surface area (Å²) in [6.45, 7) is 10.1. The Morgan fingerprint density at radius 2 is 1.67 bits per heavy atom. The van der Waals surface area contributed by atoms with Gasteiger partial charge in [-0.3, -0.25) is 14.4 Å². The highest BCUT2D eigenvalue weighted by Gasteiger charge is 2.49. The number of carbonyl (C=O) groups excluding carboxylic acids is 3. The molecule has 2 aliphatic rings. The Morgan fingerprint density at radius 1 is 1.05 bits per heavy atom. The van der Waals surface area contributed by atoms with E-state index in [2.05, 4.69) is 22.5 Å². The Hall–Kier alpha value is -2.48. The number of hydrogen-bond acceptors (Lipinski definition) is 4. The monoisotopic (exact) mass is 586 g/mol. The third-order valence-electron chi connectivity index (χ3n) is 9.26. The van der Waals surface area contributed by atoms with E-state index in [-0.39, 0.29) is 29.1 Å². The molecule has 2 atom stereocenters. The molecule has 1 heterocycles. The number of piperidine rings is 1. The SMILES string of the molecule is CC[C@H](CCC(=O)N[C@H](Cc1ccc(F)cc1)C(=O)N1CCC(C(=O)NC(C)(C)C)(C2CCCCC2)CC1)CN(C)C. The molecule has 0 unspecified atom stereocenters. The number of nitrogens with one attached hydrogen (secondary N) is 2. The molecule has 0 bridgehead atoms. The first-order chi connectivity index (χ1) is 19.8. The fourth-order valence-corrected chi connectivity index (χ4v) is 6.89. The van der Waals surface area contributed by atoms with Gasteiger partial charge in [0.2, 0.25) is 17.7 Å². The van der Waals surface area contributed by atoms with Crippen molar-refractivity contribution in [3.63, 3.8) is 0 Å². The molecule has 1 saturated carbocycles. The van der Waals surface area contributed by atoms with Crippen LogP contribution in [0.5, 0.6) is 0 Å². The zero-order valence-electron chi connectivity index (χ0n) is 26.9. The maximum absolute atomic E-state index is 14.0. The zero-order valence-corrected chi connectivity index (χ0v) is 26.9. The Kier molecular flexibility index (Phi) is 12.4. The molecule has 1 saturated heterocycles. The van der Waals surface area contributed by atoms with Gasteiger partial charge in [0.15, 0.2) is 0 Å². The van der Waals surface area contributed by atoms with Gasteiger partial charge < -0.3 is 20.4 Å². The van der Waals surface area contributed by atoms with Crippen LogP contribution < -0.4 is 10.6 Å². The van der Waals surface area contributed by atoms with E-state index in [1.165, 1.54) is 18.6 Å². The second kappa shape index (κ2) is 15.3. The van der Waals surface area contributed by atoms with Gasteiger partial charge in [0, 0.05) is 38.0 Å². The smallest absolute Gasteiger partial charge is 0.245 e. The van der Waals surface area contributed by atoms with Gasteiger partial charge in [-0.2, -0.15) is 0 Å². The molecule has 0 radical (unpaired) electrons. The third-order valence-corrected chi connectivity index (χ3v) is 9.26. The summed E-state index contributed by atoms with van der Waals surface area (Å²) in [6.07, 6.45) is 9.30. The highest BCUT2D eigenvalue weighted by atomic mass is 19.1. The standard InChI is InChI=1S/C34H55FN4O3/c1-7-25(24-38(5)6)15-18-30(40)36-29(23-26-13-16-28(35)17-14-26)31(41)39-21-19-34(20-22-39,27-11-9-8-10-12-27)32(42)37-33(2,3)4/h13-14,16-17,25,27,29H,7-12,15,18-24H2,1-6H3,(H,36,40)(H,37,42)/t25-,29-/m1/s1. The van der Waals surface area contributed by atoms with Crippen molar-refractivity contribution in [2.75, 3.05) is 33.7 Å². The largest absolute Gasteiger partial charge is 0.351 e. The van der Waals surface area contributed by atoms with Crippen molar-refractivity contribution in [2.45, 2.75) is 110 Å². The van der Waals surface area contributed by atoms with Gasteiger partial charge in [0.1, 0.15) is 11.9 Å². The van der Waals surface area contributed by atoms with E-state index >= 15 is 0 Å². The van der Waals surface area contributed by atoms with Crippen LogP contribution in [-0.4, -0.2) is 72.8 Å². The Balaban J connectivity index is 1.74. The lowest BCUT2D eigenvalue weighted by Gasteiger charge is -2.48. The van der Waals surface area contributed by atoms with Crippen LogP contribution in [0.25, 0.3) is 0 Å². The number of hydrogen-bond donors (Lipinski definition) is 2. The minimum Gasteiger partial charge on any atom is -0.351 e. The summed E-state index contributed by atoms with van der Waals surface area (Å²) < 4.78 is 13.6. The average molecular weight is 587 g/mol. The van der Waals surface area contributed by atoms with Gasteiger partial charge in [-0.05, 0) is 96.5 Å². The fourth-order valence-electron chi connectivity index (χ4n) is 6.89. The van der Waals surface area contributed by atoms with Gasteiger partial charge in [0.05, 0.1) is 5.41 Å². The number of likely N-dealkylation sites (tertiary alicyclic amines) is 1. The van der Waals surface area contributed by atoms with Crippen molar-refractivity contribution in [1.82, 2.24) is 20.4 Å². The van der Waals surface area contributed by atoms with Crippen LogP contribution >= 0.6 is 0 Å². The normalized spacial score (nSPS) is 19.3. The number of carbonyl (C=O) groups is 3. The molecule has 0 aromatic heterocycles. The quantitative estimate of drug-likeness (QED) is 0.347. The molecular formula is C34H55FN4O3. The van der Waals surface area contributed by atoms with Gasteiger partial charge >= 0.3 is 0 Å². The summed E-state index contributed by atoms with van der Waals surface area (Å²) in [5.74, 6) is 0.266. The summed E-state index contributed by atoms with van der Waals surface area (Å²) in [5, 5.41) is 6.29. The number of halogens is 1. The molecule has 7 nitrogen and oxygen atoms in total. The van der Waals surface area contributed by atoms with Gasteiger partial charge in [0.25, 0.3) is 0 Å². The Morgan fingerprint density at radius 3 is 2.21 bits per heavy atom. The summed E-state index contributed by atoms with van der Waals surface area (Å²) in [6, 6.07) is 5.39. The van der Waals surface area contributed by atoms with E-state index in [1.807, 2.05) is 39.8 Å². The van der Waals surface area contributed by atoms with E-state index in [0.717, 1.165) is 50.6 Å². The highest BCUT2D eigenvalue weighted by Crippen LogP contribution is 2.46.